The molecule has 0 aromatic carbocycles. The predicted octanol–water partition coefficient (Wildman–Crippen LogP) is 2.75. The maximum absolute atomic E-state index is 9.25. The van der Waals surface area contributed by atoms with Crippen molar-refractivity contribution in [2.45, 2.75) is 46.1 Å². The van der Waals surface area contributed by atoms with Crippen LogP contribution in [0.1, 0.15) is 40.5 Å². The second kappa shape index (κ2) is 6.81. The van der Waals surface area contributed by atoms with E-state index >= 15 is 0 Å². The molecule has 0 fully saturated rings. The fourth-order valence-corrected chi connectivity index (χ4v) is 0.455. The van der Waals surface area contributed by atoms with Gasteiger partial charge in [-0.15, -0.1) is 6.58 Å². The van der Waals surface area contributed by atoms with Crippen LogP contribution in [0.4, 0.5) is 0 Å². The monoisotopic (exact) mass is 144 g/mol. The van der Waals surface area contributed by atoms with E-state index in [2.05, 4.69) is 6.58 Å². The molecule has 0 aromatic rings. The smallest absolute Gasteiger partial charge is 0.0651 e. The van der Waals surface area contributed by atoms with Gasteiger partial charge in [0.15, 0.2) is 0 Å². The summed E-state index contributed by atoms with van der Waals surface area (Å²) in [5.74, 6) is 0. The van der Waals surface area contributed by atoms with Crippen LogP contribution in [-0.2, 0) is 0 Å². The van der Waals surface area contributed by atoms with Gasteiger partial charge in [-0.1, -0.05) is 26.8 Å². The first-order chi connectivity index (χ1) is 4.62. The second-order valence-electron chi connectivity index (χ2n) is 2.34. The summed E-state index contributed by atoms with van der Waals surface area (Å²) < 4.78 is 0. The van der Waals surface area contributed by atoms with Crippen LogP contribution in [0.2, 0.25) is 0 Å². The average Bonchev–Trinajstić information content (AvgIpc) is 1.93. The Balaban J connectivity index is 0. The van der Waals surface area contributed by atoms with Crippen molar-refractivity contribution < 1.29 is 5.11 Å². The van der Waals surface area contributed by atoms with Gasteiger partial charge in [0.2, 0.25) is 0 Å². The normalized spacial score (nSPS) is 14.5. The fourth-order valence-electron chi connectivity index (χ4n) is 0.455. The van der Waals surface area contributed by atoms with Crippen LogP contribution in [0.3, 0.4) is 0 Å². The van der Waals surface area contributed by atoms with E-state index in [0.717, 1.165) is 6.42 Å². The lowest BCUT2D eigenvalue weighted by Gasteiger charge is -2.17. The minimum Gasteiger partial charge on any atom is -0.390 e. The van der Waals surface area contributed by atoms with E-state index in [-0.39, 0.29) is 0 Å². The maximum Gasteiger partial charge on any atom is 0.0651 e. The summed E-state index contributed by atoms with van der Waals surface area (Å²) >= 11 is 0. The Kier molecular flexibility index (Phi) is 8.44. The zero-order valence-electron chi connectivity index (χ0n) is 7.65. The first-order valence-electron chi connectivity index (χ1n) is 3.95. The van der Waals surface area contributed by atoms with Crippen LogP contribution < -0.4 is 0 Å². The Labute approximate surface area is 64.8 Å². The molecule has 0 spiro atoms. The van der Waals surface area contributed by atoms with Crippen molar-refractivity contribution in [1.82, 2.24) is 0 Å². The maximum atomic E-state index is 9.25. The molecule has 0 radical (unpaired) electrons. The third-order valence-electron chi connectivity index (χ3n) is 1.35. The second-order valence-corrected chi connectivity index (χ2v) is 2.34. The van der Waals surface area contributed by atoms with Gasteiger partial charge in [-0.2, -0.15) is 0 Å². The molecule has 10 heavy (non-hydrogen) atoms. The van der Waals surface area contributed by atoms with E-state index in [1.807, 2.05) is 27.7 Å². The summed E-state index contributed by atoms with van der Waals surface area (Å²) in [5.41, 5.74) is -0.526. The molecule has 0 aliphatic carbocycles. The van der Waals surface area contributed by atoms with Crippen molar-refractivity contribution in [3.63, 3.8) is 0 Å². The molecule has 0 heterocycles. The molecule has 62 valence electrons. The minimum absolute atomic E-state index is 0.526. The highest BCUT2D eigenvalue weighted by atomic mass is 16.3. The lowest BCUT2D eigenvalue weighted by Crippen LogP contribution is -2.20. The Morgan fingerprint density at radius 3 is 2.00 bits per heavy atom. The third kappa shape index (κ3) is 7.70. The molecule has 0 saturated carbocycles. The lowest BCUT2D eigenvalue weighted by atomic mass is 10.00. The number of hydrogen-bond acceptors (Lipinski definition) is 1. The highest BCUT2D eigenvalue weighted by molar-refractivity contribution is 4.80. The molecule has 1 heteroatoms. The van der Waals surface area contributed by atoms with Gasteiger partial charge in [-0.05, 0) is 19.8 Å². The van der Waals surface area contributed by atoms with E-state index in [1.165, 1.54) is 0 Å². The van der Waals surface area contributed by atoms with Gasteiger partial charge in [-0.25, -0.2) is 0 Å². The molecular weight excluding hydrogens is 124 g/mol. The van der Waals surface area contributed by atoms with E-state index in [9.17, 15) is 5.11 Å². The van der Waals surface area contributed by atoms with E-state index in [0.29, 0.717) is 6.42 Å². The summed E-state index contributed by atoms with van der Waals surface area (Å²) in [4.78, 5) is 0. The molecule has 1 nitrogen and oxygen atoms in total. The Hall–Kier alpha value is -0.300. The van der Waals surface area contributed by atoms with Crippen molar-refractivity contribution in [3.8, 4) is 0 Å². The summed E-state index contributed by atoms with van der Waals surface area (Å²) in [6, 6.07) is 0. The van der Waals surface area contributed by atoms with Crippen molar-refractivity contribution >= 4 is 0 Å². The molecule has 0 saturated heterocycles. The summed E-state index contributed by atoms with van der Waals surface area (Å²) in [6.45, 7) is 11.3. The Bertz CT molecular complexity index is 74.8. The SMILES string of the molecule is C=CCC(C)(O)CC.CC. The van der Waals surface area contributed by atoms with Crippen LogP contribution in [0.5, 0.6) is 0 Å². The molecule has 1 unspecified atom stereocenters. The van der Waals surface area contributed by atoms with Crippen LogP contribution in [0.25, 0.3) is 0 Å². The van der Waals surface area contributed by atoms with Gasteiger partial charge < -0.3 is 5.11 Å². The van der Waals surface area contributed by atoms with Crippen LogP contribution >= 0.6 is 0 Å². The molecule has 0 aliphatic heterocycles. The van der Waals surface area contributed by atoms with Gasteiger partial charge in [0.1, 0.15) is 0 Å². The minimum atomic E-state index is -0.526. The molecule has 0 bridgehead atoms. The molecule has 0 aliphatic rings. The van der Waals surface area contributed by atoms with Crippen molar-refractivity contribution in [3.05, 3.63) is 12.7 Å². The van der Waals surface area contributed by atoms with E-state index in [1.54, 1.807) is 6.08 Å². The van der Waals surface area contributed by atoms with Crippen LogP contribution in [0.15, 0.2) is 12.7 Å². The highest BCUT2D eigenvalue weighted by Crippen LogP contribution is 2.12. The van der Waals surface area contributed by atoms with Crippen molar-refractivity contribution in [2.75, 3.05) is 0 Å². The Morgan fingerprint density at radius 2 is 1.90 bits per heavy atom. The standard InChI is InChI=1S/C7H14O.C2H6/c1-4-6-7(3,8)5-2;1-2/h4,8H,1,5-6H2,2-3H3;1-2H3. The molecule has 0 amide bonds. The molecule has 0 rings (SSSR count). The van der Waals surface area contributed by atoms with Gasteiger partial charge in [-0.3, -0.25) is 0 Å². The van der Waals surface area contributed by atoms with Gasteiger partial charge in [0.25, 0.3) is 0 Å². The molecular formula is C9H20O. The zero-order valence-corrected chi connectivity index (χ0v) is 7.65. The van der Waals surface area contributed by atoms with Gasteiger partial charge in [0.05, 0.1) is 5.60 Å². The predicted molar refractivity (Wildman–Crippen MR) is 47.1 cm³/mol. The van der Waals surface area contributed by atoms with Crippen LogP contribution in [0, 0.1) is 0 Å². The first-order valence-corrected chi connectivity index (χ1v) is 3.95. The zero-order chi connectivity index (χ0) is 8.62. The number of aliphatic hydroxyl groups is 1. The quantitative estimate of drug-likeness (QED) is 0.604. The van der Waals surface area contributed by atoms with Gasteiger partial charge in [0, 0.05) is 0 Å². The van der Waals surface area contributed by atoms with Crippen molar-refractivity contribution in [1.29, 1.82) is 0 Å². The fraction of sp³-hybridized carbons (Fsp3) is 0.778. The average molecular weight is 144 g/mol. The third-order valence-corrected chi connectivity index (χ3v) is 1.35. The van der Waals surface area contributed by atoms with E-state index < -0.39 is 5.60 Å². The first kappa shape index (κ1) is 12.4. The van der Waals surface area contributed by atoms with Crippen LogP contribution in [-0.4, -0.2) is 10.7 Å². The summed E-state index contributed by atoms with van der Waals surface area (Å²) in [7, 11) is 0. The highest BCUT2D eigenvalue weighted by Gasteiger charge is 2.13. The van der Waals surface area contributed by atoms with Gasteiger partial charge >= 0.3 is 0 Å². The van der Waals surface area contributed by atoms with Crippen molar-refractivity contribution in [2.24, 2.45) is 0 Å². The largest absolute Gasteiger partial charge is 0.390 e. The molecule has 1 N–H and O–H groups in total. The van der Waals surface area contributed by atoms with E-state index in [4.69, 9.17) is 0 Å². The Morgan fingerprint density at radius 1 is 1.50 bits per heavy atom. The lowest BCUT2D eigenvalue weighted by molar-refractivity contribution is 0.0593. The number of rotatable bonds is 3. The number of hydrogen-bond donors (Lipinski definition) is 1. The summed E-state index contributed by atoms with van der Waals surface area (Å²) in [5, 5.41) is 9.25. The molecule has 0 aromatic heterocycles. The molecule has 1 atom stereocenters. The topological polar surface area (TPSA) is 20.2 Å². The summed E-state index contributed by atoms with van der Waals surface area (Å²) in [6.07, 6.45) is 3.21.